The normalized spacial score (nSPS) is 41.7. The molecule has 3 heteroatoms. The third-order valence-corrected chi connectivity index (χ3v) is 11.7. The van der Waals surface area contributed by atoms with Crippen molar-refractivity contribution in [3.8, 4) is 0 Å². The van der Waals surface area contributed by atoms with E-state index >= 15 is 0 Å². The van der Waals surface area contributed by atoms with Crippen LogP contribution in [0.25, 0.3) is 10.8 Å². The fraction of sp³-hybridized carbons (Fsp3) is 0.656. The van der Waals surface area contributed by atoms with E-state index in [4.69, 9.17) is 4.74 Å². The molecular weight excluding hydrogens is 428 g/mol. The molecule has 7 rings (SSSR count). The summed E-state index contributed by atoms with van der Waals surface area (Å²) in [6.45, 7) is 9.44. The molecule has 0 unspecified atom stereocenters. The van der Waals surface area contributed by atoms with Crippen molar-refractivity contribution >= 4 is 10.8 Å². The lowest BCUT2D eigenvalue weighted by Crippen LogP contribution is -2.52. The molecule has 1 aromatic carbocycles. The molecule has 1 aliphatic heterocycles. The molecular formula is C32H42N2O. The van der Waals surface area contributed by atoms with Gasteiger partial charge in [0.1, 0.15) is 0 Å². The molecule has 4 fully saturated rings. The van der Waals surface area contributed by atoms with Crippen molar-refractivity contribution < 1.29 is 4.74 Å². The molecule has 0 N–H and O–H groups in total. The number of hydrogen-bond acceptors (Lipinski definition) is 3. The molecule has 4 aliphatic carbocycles. The van der Waals surface area contributed by atoms with Crippen LogP contribution in [0.4, 0.5) is 0 Å². The molecule has 3 nitrogen and oxygen atoms in total. The first kappa shape index (κ1) is 22.5. The Labute approximate surface area is 211 Å². The van der Waals surface area contributed by atoms with E-state index in [0.29, 0.717) is 16.7 Å². The first-order valence-corrected chi connectivity index (χ1v) is 14.4. The van der Waals surface area contributed by atoms with Gasteiger partial charge in [0.2, 0.25) is 0 Å². The first-order chi connectivity index (χ1) is 17.1. The van der Waals surface area contributed by atoms with Crippen LogP contribution in [0, 0.1) is 28.6 Å². The van der Waals surface area contributed by atoms with Crippen LogP contribution in [-0.4, -0.2) is 42.2 Å². The van der Waals surface area contributed by atoms with Crippen molar-refractivity contribution in [3.63, 3.8) is 0 Å². The number of allylic oxidation sites excluding steroid dienone is 1. The number of benzene rings is 1. The van der Waals surface area contributed by atoms with Crippen molar-refractivity contribution in [1.29, 1.82) is 0 Å². The SMILES string of the molecule is C[C@]12CC[C@H]3[C@@H](CC=C4C[C@H](N5CCOCC5)CC[C@@]43C)[C@@H]1CC[C@@H]2c1ccc2ccncc2c1. The maximum absolute atomic E-state index is 5.64. The van der Waals surface area contributed by atoms with E-state index in [1.54, 1.807) is 5.56 Å². The topological polar surface area (TPSA) is 25.4 Å². The van der Waals surface area contributed by atoms with Gasteiger partial charge in [0.25, 0.3) is 0 Å². The number of hydrogen-bond donors (Lipinski definition) is 0. The Morgan fingerprint density at radius 2 is 1.83 bits per heavy atom. The van der Waals surface area contributed by atoms with Gasteiger partial charge in [-0.15, -0.1) is 0 Å². The van der Waals surface area contributed by atoms with Crippen molar-refractivity contribution in [1.82, 2.24) is 9.88 Å². The molecule has 0 bridgehead atoms. The van der Waals surface area contributed by atoms with Gasteiger partial charge in [-0.05, 0) is 109 Å². The summed E-state index contributed by atoms with van der Waals surface area (Å²) in [5, 5.41) is 2.62. The standard InChI is InChI=1S/C32H42N2O/c1-31-12-9-26(34-15-17-35-18-16-34)20-25(31)5-6-27-29-8-7-28(32(29,2)13-10-30(27)31)23-4-3-22-11-14-33-21-24(22)19-23/h3-5,11,14,19,21,26-30H,6-10,12-13,15-18,20H2,1-2H3/t26-,27+,28-,29+,30+,31+,32-/m1/s1. The molecule has 2 aromatic rings. The van der Waals surface area contributed by atoms with Gasteiger partial charge in [-0.25, -0.2) is 0 Å². The molecule has 2 heterocycles. The van der Waals surface area contributed by atoms with Gasteiger partial charge in [0.05, 0.1) is 13.2 Å². The third-order valence-electron chi connectivity index (χ3n) is 11.7. The summed E-state index contributed by atoms with van der Waals surface area (Å²) in [7, 11) is 0. The molecule has 3 saturated carbocycles. The summed E-state index contributed by atoms with van der Waals surface area (Å²) in [6.07, 6.45) is 17.8. The summed E-state index contributed by atoms with van der Waals surface area (Å²) in [4.78, 5) is 7.13. The van der Waals surface area contributed by atoms with E-state index in [-0.39, 0.29) is 0 Å². The van der Waals surface area contributed by atoms with Crippen LogP contribution in [-0.2, 0) is 4.74 Å². The lowest BCUT2D eigenvalue weighted by atomic mass is 9.47. The van der Waals surface area contributed by atoms with Crippen LogP contribution in [0.5, 0.6) is 0 Å². The van der Waals surface area contributed by atoms with E-state index in [1.807, 2.05) is 18.0 Å². The van der Waals surface area contributed by atoms with Crippen molar-refractivity contribution in [2.75, 3.05) is 26.3 Å². The second-order valence-electron chi connectivity index (χ2n) is 13.0. The lowest BCUT2D eigenvalue weighted by Gasteiger charge is -2.59. The summed E-state index contributed by atoms with van der Waals surface area (Å²) in [5.41, 5.74) is 4.28. The average molecular weight is 471 g/mol. The zero-order valence-corrected chi connectivity index (χ0v) is 21.7. The highest BCUT2D eigenvalue weighted by molar-refractivity contribution is 5.82. The molecule has 5 aliphatic rings. The van der Waals surface area contributed by atoms with E-state index in [1.165, 1.54) is 62.1 Å². The molecule has 35 heavy (non-hydrogen) atoms. The summed E-state index contributed by atoms with van der Waals surface area (Å²) >= 11 is 0. The number of morpholine rings is 1. The predicted molar refractivity (Wildman–Crippen MR) is 142 cm³/mol. The van der Waals surface area contributed by atoms with Crippen LogP contribution < -0.4 is 0 Å². The largest absolute Gasteiger partial charge is 0.379 e. The molecule has 1 aromatic heterocycles. The predicted octanol–water partition coefficient (Wildman–Crippen LogP) is 6.98. The van der Waals surface area contributed by atoms with Gasteiger partial charge >= 0.3 is 0 Å². The number of pyridine rings is 1. The molecule has 186 valence electrons. The summed E-state index contributed by atoms with van der Waals surface area (Å²) in [5.74, 6) is 3.36. The molecule has 1 saturated heterocycles. The number of fused-ring (bicyclic) bond motifs is 6. The second kappa shape index (κ2) is 8.42. The van der Waals surface area contributed by atoms with Crippen LogP contribution in [0.15, 0.2) is 48.3 Å². The quantitative estimate of drug-likeness (QED) is 0.443. The van der Waals surface area contributed by atoms with E-state index in [0.717, 1.165) is 50.1 Å². The summed E-state index contributed by atoms with van der Waals surface area (Å²) in [6, 6.07) is 10.1. The molecule has 7 atom stereocenters. The maximum Gasteiger partial charge on any atom is 0.0594 e. The molecule has 0 amide bonds. The minimum Gasteiger partial charge on any atom is -0.379 e. The number of aromatic nitrogens is 1. The fourth-order valence-electron chi connectivity index (χ4n) is 9.76. The highest BCUT2D eigenvalue weighted by Crippen LogP contribution is 2.68. The number of rotatable bonds is 2. The second-order valence-corrected chi connectivity index (χ2v) is 13.0. The van der Waals surface area contributed by atoms with Crippen molar-refractivity contribution in [2.45, 2.75) is 77.2 Å². The Kier molecular flexibility index (Phi) is 5.41. The lowest BCUT2D eigenvalue weighted by molar-refractivity contribution is -0.0442. The van der Waals surface area contributed by atoms with Crippen molar-refractivity contribution in [2.24, 2.45) is 28.6 Å². The minimum atomic E-state index is 0.444. The molecule has 0 radical (unpaired) electrons. The van der Waals surface area contributed by atoms with Crippen LogP contribution >= 0.6 is 0 Å². The van der Waals surface area contributed by atoms with Crippen LogP contribution in [0.3, 0.4) is 0 Å². The van der Waals surface area contributed by atoms with E-state index in [9.17, 15) is 0 Å². The summed E-state index contributed by atoms with van der Waals surface area (Å²) < 4.78 is 5.64. The zero-order chi connectivity index (χ0) is 23.6. The van der Waals surface area contributed by atoms with Gasteiger partial charge in [0, 0.05) is 36.9 Å². The Morgan fingerprint density at radius 3 is 2.71 bits per heavy atom. The van der Waals surface area contributed by atoms with Gasteiger partial charge < -0.3 is 4.74 Å². The smallest absolute Gasteiger partial charge is 0.0594 e. The Balaban J connectivity index is 1.14. The number of ether oxygens (including phenoxy) is 1. The maximum atomic E-state index is 5.64. The van der Waals surface area contributed by atoms with E-state index in [2.05, 4.69) is 54.1 Å². The molecule has 0 spiro atoms. The van der Waals surface area contributed by atoms with Crippen LogP contribution in [0.1, 0.15) is 76.7 Å². The Bertz CT molecular complexity index is 1140. The monoisotopic (exact) mass is 470 g/mol. The highest BCUT2D eigenvalue weighted by Gasteiger charge is 2.58. The van der Waals surface area contributed by atoms with Crippen LogP contribution in [0.2, 0.25) is 0 Å². The van der Waals surface area contributed by atoms with Gasteiger partial charge in [0.15, 0.2) is 0 Å². The zero-order valence-electron chi connectivity index (χ0n) is 21.7. The van der Waals surface area contributed by atoms with Gasteiger partial charge in [-0.2, -0.15) is 0 Å². The Hall–Kier alpha value is -1.71. The van der Waals surface area contributed by atoms with Gasteiger partial charge in [-0.3, -0.25) is 9.88 Å². The highest BCUT2D eigenvalue weighted by atomic mass is 16.5. The first-order valence-electron chi connectivity index (χ1n) is 14.4. The average Bonchev–Trinajstić information content (AvgIpc) is 3.25. The van der Waals surface area contributed by atoms with Crippen molar-refractivity contribution in [3.05, 3.63) is 53.9 Å². The van der Waals surface area contributed by atoms with Gasteiger partial charge in [-0.1, -0.05) is 37.6 Å². The Morgan fingerprint density at radius 1 is 0.943 bits per heavy atom. The minimum absolute atomic E-state index is 0.444. The number of nitrogens with zero attached hydrogens (tertiary/aromatic N) is 2. The third kappa shape index (κ3) is 3.48. The fourth-order valence-corrected chi connectivity index (χ4v) is 9.76. The van der Waals surface area contributed by atoms with E-state index < -0.39 is 0 Å².